The second-order valence-electron chi connectivity index (χ2n) is 5.34. The zero-order valence-corrected chi connectivity index (χ0v) is 11.9. The van der Waals surface area contributed by atoms with E-state index in [0.29, 0.717) is 5.95 Å². The molecule has 1 aliphatic rings. The van der Waals surface area contributed by atoms with Crippen molar-refractivity contribution in [2.45, 2.75) is 38.7 Å². The summed E-state index contributed by atoms with van der Waals surface area (Å²) in [6.45, 7) is 2.27. The summed E-state index contributed by atoms with van der Waals surface area (Å²) < 4.78 is 7.43. The molecule has 112 valence electrons. The van der Waals surface area contributed by atoms with E-state index in [1.165, 1.54) is 12.8 Å². The monoisotopic (exact) mass is 289 g/mol. The zero-order chi connectivity index (χ0) is 14.7. The highest BCUT2D eigenvalue weighted by Crippen LogP contribution is 2.26. The van der Waals surface area contributed by atoms with Gasteiger partial charge in [-0.1, -0.05) is 6.92 Å². The zero-order valence-electron chi connectivity index (χ0n) is 11.9. The summed E-state index contributed by atoms with van der Waals surface area (Å²) in [5.41, 5.74) is 2.43. The van der Waals surface area contributed by atoms with Crippen LogP contribution >= 0.6 is 0 Å². The predicted octanol–water partition coefficient (Wildman–Crippen LogP) is 1.30. The summed E-state index contributed by atoms with van der Waals surface area (Å²) in [5, 5.41) is 4.10. The number of nitrogens with zero attached hydrogens (tertiary/aromatic N) is 5. The number of hydrogen-bond acceptors (Lipinski definition) is 7. The lowest BCUT2D eigenvalue weighted by Gasteiger charge is -2.25. The molecule has 1 fully saturated rings. The normalized spacial score (nSPS) is 22.0. The third-order valence-corrected chi connectivity index (χ3v) is 3.68. The molecule has 3 N–H and O–H groups in total. The standard InChI is InChI=1S/C13H19N7O/c1-9-3-5-10(6-4-9)21-13-17-11(19-14)16-12(18-13)20-8-2-7-15-20/h2,7-10H,3-6,14H2,1H3,(H,16,17,18,19). The summed E-state index contributed by atoms with van der Waals surface area (Å²) in [6.07, 6.45) is 7.95. The number of hydrogen-bond donors (Lipinski definition) is 2. The van der Waals surface area contributed by atoms with Crippen LogP contribution in [0.2, 0.25) is 0 Å². The van der Waals surface area contributed by atoms with Gasteiger partial charge in [0, 0.05) is 12.4 Å². The van der Waals surface area contributed by atoms with E-state index in [2.05, 4.69) is 32.4 Å². The summed E-state index contributed by atoms with van der Waals surface area (Å²) in [6, 6.07) is 2.07. The van der Waals surface area contributed by atoms with Gasteiger partial charge in [0.25, 0.3) is 5.95 Å². The van der Waals surface area contributed by atoms with Gasteiger partial charge in [0.1, 0.15) is 6.10 Å². The highest BCUT2D eigenvalue weighted by Gasteiger charge is 2.21. The molecule has 0 bridgehead atoms. The van der Waals surface area contributed by atoms with Crippen LogP contribution in [0.25, 0.3) is 5.95 Å². The molecule has 8 nitrogen and oxygen atoms in total. The van der Waals surface area contributed by atoms with Crippen LogP contribution < -0.4 is 16.0 Å². The summed E-state index contributed by atoms with van der Waals surface area (Å²) >= 11 is 0. The third kappa shape index (κ3) is 3.27. The molecule has 21 heavy (non-hydrogen) atoms. The Kier molecular flexibility index (Phi) is 3.96. The number of hydrazine groups is 1. The second-order valence-corrected chi connectivity index (χ2v) is 5.34. The van der Waals surface area contributed by atoms with Crippen LogP contribution in [-0.4, -0.2) is 30.8 Å². The highest BCUT2D eigenvalue weighted by atomic mass is 16.5. The van der Waals surface area contributed by atoms with Crippen LogP contribution in [-0.2, 0) is 0 Å². The molecular formula is C13H19N7O. The summed E-state index contributed by atoms with van der Waals surface area (Å²) in [5.74, 6) is 6.81. The van der Waals surface area contributed by atoms with E-state index in [0.717, 1.165) is 18.8 Å². The Morgan fingerprint density at radius 2 is 2.05 bits per heavy atom. The molecular weight excluding hydrogens is 270 g/mol. The van der Waals surface area contributed by atoms with Crippen LogP contribution in [0.5, 0.6) is 6.01 Å². The fraction of sp³-hybridized carbons (Fsp3) is 0.538. The van der Waals surface area contributed by atoms with Crippen molar-refractivity contribution in [2.24, 2.45) is 11.8 Å². The molecule has 0 unspecified atom stereocenters. The van der Waals surface area contributed by atoms with Crippen molar-refractivity contribution >= 4 is 5.95 Å². The van der Waals surface area contributed by atoms with Gasteiger partial charge >= 0.3 is 6.01 Å². The molecule has 3 rings (SSSR count). The number of aromatic nitrogens is 5. The number of nitrogens with two attached hydrogens (primary N) is 1. The average molecular weight is 289 g/mol. The van der Waals surface area contributed by atoms with E-state index >= 15 is 0 Å². The Morgan fingerprint density at radius 3 is 2.71 bits per heavy atom. The topological polar surface area (TPSA) is 104 Å². The van der Waals surface area contributed by atoms with E-state index in [1.807, 2.05) is 0 Å². The molecule has 0 saturated heterocycles. The maximum Gasteiger partial charge on any atom is 0.323 e. The molecule has 2 aromatic heterocycles. The second kappa shape index (κ2) is 6.04. The van der Waals surface area contributed by atoms with E-state index in [-0.39, 0.29) is 18.1 Å². The number of ether oxygens (including phenoxy) is 1. The Hall–Kier alpha value is -2.22. The number of nitrogens with one attached hydrogen (secondary N) is 1. The fourth-order valence-electron chi connectivity index (χ4n) is 2.45. The Labute approximate surface area is 122 Å². The van der Waals surface area contributed by atoms with Gasteiger partial charge in [0.2, 0.25) is 5.95 Å². The maximum absolute atomic E-state index is 5.89. The van der Waals surface area contributed by atoms with Crippen molar-refractivity contribution in [3.63, 3.8) is 0 Å². The number of anilines is 1. The number of nitrogen functional groups attached to an aromatic ring is 1. The fourth-order valence-corrected chi connectivity index (χ4v) is 2.45. The van der Waals surface area contributed by atoms with Crippen LogP contribution in [0.3, 0.4) is 0 Å². The summed E-state index contributed by atoms with van der Waals surface area (Å²) in [7, 11) is 0. The first-order valence-corrected chi connectivity index (χ1v) is 7.14. The predicted molar refractivity (Wildman–Crippen MR) is 76.8 cm³/mol. The molecule has 0 spiro atoms. The summed E-state index contributed by atoms with van der Waals surface area (Å²) in [4.78, 5) is 12.6. The van der Waals surface area contributed by atoms with Gasteiger partial charge in [0.05, 0.1) is 0 Å². The van der Waals surface area contributed by atoms with Crippen molar-refractivity contribution in [3.05, 3.63) is 18.5 Å². The quantitative estimate of drug-likeness (QED) is 0.645. The smallest absolute Gasteiger partial charge is 0.323 e. The minimum absolute atomic E-state index is 0.152. The maximum atomic E-state index is 5.89. The lowest BCUT2D eigenvalue weighted by atomic mass is 9.89. The van der Waals surface area contributed by atoms with Crippen molar-refractivity contribution < 1.29 is 4.74 Å². The Balaban J connectivity index is 1.79. The van der Waals surface area contributed by atoms with Gasteiger partial charge in [0.15, 0.2) is 0 Å². The first-order valence-electron chi connectivity index (χ1n) is 7.14. The third-order valence-electron chi connectivity index (χ3n) is 3.68. The van der Waals surface area contributed by atoms with E-state index in [4.69, 9.17) is 10.6 Å². The molecule has 2 heterocycles. The SMILES string of the molecule is CC1CCC(Oc2nc(NN)nc(-n3cccn3)n2)CC1. The molecule has 0 aliphatic heterocycles. The van der Waals surface area contributed by atoms with Gasteiger partial charge in [-0.15, -0.1) is 0 Å². The van der Waals surface area contributed by atoms with E-state index in [1.54, 1.807) is 23.1 Å². The number of rotatable bonds is 4. The van der Waals surface area contributed by atoms with Gasteiger partial charge in [-0.2, -0.15) is 20.1 Å². The highest BCUT2D eigenvalue weighted by molar-refractivity contribution is 5.28. The lowest BCUT2D eigenvalue weighted by molar-refractivity contribution is 0.124. The van der Waals surface area contributed by atoms with Crippen molar-refractivity contribution in [2.75, 3.05) is 5.43 Å². The molecule has 2 aromatic rings. The van der Waals surface area contributed by atoms with Crippen molar-refractivity contribution in [3.8, 4) is 12.0 Å². The first-order chi connectivity index (χ1) is 10.2. The molecule has 0 aromatic carbocycles. The minimum Gasteiger partial charge on any atom is -0.460 e. The van der Waals surface area contributed by atoms with Gasteiger partial charge in [-0.05, 0) is 37.7 Å². The molecule has 0 radical (unpaired) electrons. The lowest BCUT2D eigenvalue weighted by Crippen LogP contribution is -2.25. The minimum atomic E-state index is 0.152. The van der Waals surface area contributed by atoms with Crippen LogP contribution in [0.15, 0.2) is 18.5 Å². The van der Waals surface area contributed by atoms with Gasteiger partial charge < -0.3 is 4.74 Å². The average Bonchev–Trinajstić information content (AvgIpc) is 3.04. The molecule has 1 aliphatic carbocycles. The first kappa shape index (κ1) is 13.7. The van der Waals surface area contributed by atoms with Crippen LogP contribution in [0.1, 0.15) is 32.6 Å². The Morgan fingerprint density at radius 1 is 1.24 bits per heavy atom. The molecule has 8 heteroatoms. The largest absolute Gasteiger partial charge is 0.460 e. The van der Waals surface area contributed by atoms with Gasteiger partial charge in [-0.25, -0.2) is 10.5 Å². The molecule has 0 amide bonds. The van der Waals surface area contributed by atoms with E-state index < -0.39 is 0 Å². The van der Waals surface area contributed by atoms with E-state index in [9.17, 15) is 0 Å². The molecule has 1 saturated carbocycles. The van der Waals surface area contributed by atoms with Crippen molar-refractivity contribution in [1.29, 1.82) is 0 Å². The van der Waals surface area contributed by atoms with Crippen molar-refractivity contribution in [1.82, 2.24) is 24.7 Å². The van der Waals surface area contributed by atoms with Crippen LogP contribution in [0.4, 0.5) is 5.95 Å². The van der Waals surface area contributed by atoms with Crippen LogP contribution in [0, 0.1) is 5.92 Å². The molecule has 0 atom stereocenters. The Bertz CT molecular complexity index is 578. The van der Waals surface area contributed by atoms with Gasteiger partial charge in [-0.3, -0.25) is 5.43 Å².